The monoisotopic (exact) mass is 489 g/mol. The van der Waals surface area contributed by atoms with Gasteiger partial charge in [-0.15, -0.1) is 0 Å². The van der Waals surface area contributed by atoms with E-state index in [1.807, 2.05) is 4.90 Å². The lowest BCUT2D eigenvalue weighted by Gasteiger charge is -2.17. The molecule has 0 aliphatic carbocycles. The molecule has 13 heteroatoms. The fourth-order valence-corrected chi connectivity index (χ4v) is 3.61. The van der Waals surface area contributed by atoms with Gasteiger partial charge in [-0.3, -0.25) is 28.6 Å². The minimum absolute atomic E-state index is 0.162. The van der Waals surface area contributed by atoms with Gasteiger partial charge in [-0.2, -0.15) is 8.42 Å². The second-order valence-electron chi connectivity index (χ2n) is 7.95. The fraction of sp³-hybridized carbons (Fsp3) is 0.700. The highest BCUT2D eigenvalue weighted by atomic mass is 32.2. The number of hydrogen-bond donors (Lipinski definition) is 4. The summed E-state index contributed by atoms with van der Waals surface area (Å²) in [4.78, 5) is 49.6. The normalized spacial score (nSPS) is 14.7. The third kappa shape index (κ3) is 13.1. The molecular weight excluding hydrogens is 454 g/mol. The summed E-state index contributed by atoms with van der Waals surface area (Å²) >= 11 is 0. The number of nitrogens with zero attached hydrogens (tertiary/aromatic N) is 2. The first-order valence-electron chi connectivity index (χ1n) is 11.0. The van der Waals surface area contributed by atoms with Gasteiger partial charge in [-0.1, -0.05) is 0 Å². The number of nitrogens with one attached hydrogen (secondary N) is 2. The Bertz CT molecular complexity index is 798. The predicted octanol–water partition coefficient (Wildman–Crippen LogP) is -1.37. The van der Waals surface area contributed by atoms with Crippen molar-refractivity contribution in [2.75, 3.05) is 45.5 Å². The van der Waals surface area contributed by atoms with Gasteiger partial charge in [0.1, 0.15) is 0 Å². The molecule has 0 saturated heterocycles. The number of hydrogen-bond acceptors (Lipinski definition) is 8. The summed E-state index contributed by atoms with van der Waals surface area (Å²) in [6.45, 7) is 2.02. The molecule has 1 aliphatic rings. The molecule has 0 saturated carbocycles. The lowest BCUT2D eigenvalue weighted by Crippen LogP contribution is -2.43. The first kappa shape index (κ1) is 28.7. The molecule has 1 atom stereocenters. The van der Waals surface area contributed by atoms with E-state index < -0.39 is 16.2 Å². The van der Waals surface area contributed by atoms with Crippen molar-refractivity contribution < 1.29 is 32.1 Å². The Labute approximate surface area is 194 Å². The van der Waals surface area contributed by atoms with Gasteiger partial charge in [-0.05, 0) is 45.7 Å². The average molecular weight is 490 g/mol. The molecule has 0 aromatic carbocycles. The number of unbranched alkanes of at least 4 members (excludes halogenated alkanes) is 1. The highest BCUT2D eigenvalue weighted by Gasteiger charge is 2.22. The molecule has 1 unspecified atom stereocenters. The van der Waals surface area contributed by atoms with E-state index in [1.165, 1.54) is 12.2 Å². The fourth-order valence-electron chi connectivity index (χ4n) is 3.12. The minimum atomic E-state index is -3.96. The van der Waals surface area contributed by atoms with Crippen LogP contribution in [0.5, 0.6) is 0 Å². The van der Waals surface area contributed by atoms with Gasteiger partial charge in [0.25, 0.3) is 21.9 Å². The Kier molecular flexibility index (Phi) is 12.8. The maximum absolute atomic E-state index is 12.0. The van der Waals surface area contributed by atoms with Crippen LogP contribution in [0.25, 0.3) is 0 Å². The van der Waals surface area contributed by atoms with Crippen LogP contribution in [0.15, 0.2) is 12.2 Å². The SMILES string of the molecule is CN(CCCS(=O)(=O)O)CCNC(=O)C(N)CCCCNC(=O)CCCN1C(=O)C=CC1=O. The Morgan fingerprint density at radius 3 is 2.36 bits per heavy atom. The zero-order valence-electron chi connectivity index (χ0n) is 19.0. The van der Waals surface area contributed by atoms with E-state index in [-0.39, 0.29) is 42.3 Å². The molecule has 0 fully saturated rings. The van der Waals surface area contributed by atoms with Gasteiger partial charge in [0.2, 0.25) is 11.8 Å². The molecule has 0 bridgehead atoms. The Morgan fingerprint density at radius 2 is 1.73 bits per heavy atom. The van der Waals surface area contributed by atoms with Gasteiger partial charge >= 0.3 is 0 Å². The number of carbonyl (C=O) groups excluding carboxylic acids is 4. The highest BCUT2D eigenvalue weighted by molar-refractivity contribution is 7.85. The molecule has 0 radical (unpaired) electrons. The van der Waals surface area contributed by atoms with E-state index in [9.17, 15) is 27.6 Å². The molecular formula is C20H35N5O7S. The van der Waals surface area contributed by atoms with Crippen LogP contribution in [-0.4, -0.2) is 98.0 Å². The Morgan fingerprint density at radius 1 is 1.06 bits per heavy atom. The van der Waals surface area contributed by atoms with Crippen LogP contribution in [-0.2, 0) is 29.3 Å². The molecule has 0 spiro atoms. The molecule has 1 heterocycles. The highest BCUT2D eigenvalue weighted by Crippen LogP contribution is 2.05. The van der Waals surface area contributed by atoms with E-state index in [0.29, 0.717) is 58.3 Å². The van der Waals surface area contributed by atoms with Gasteiger partial charge in [-0.25, -0.2) is 0 Å². The molecule has 0 aromatic heterocycles. The number of imide groups is 1. The Balaban J connectivity index is 2.03. The lowest BCUT2D eigenvalue weighted by atomic mass is 10.1. The Hall–Kier alpha value is -2.35. The average Bonchev–Trinajstić information content (AvgIpc) is 3.04. The van der Waals surface area contributed by atoms with Crippen LogP contribution in [0.2, 0.25) is 0 Å². The van der Waals surface area contributed by atoms with Crippen LogP contribution in [0.3, 0.4) is 0 Å². The van der Waals surface area contributed by atoms with Crippen LogP contribution >= 0.6 is 0 Å². The van der Waals surface area contributed by atoms with Crippen molar-refractivity contribution in [3.8, 4) is 0 Å². The van der Waals surface area contributed by atoms with Crippen molar-refractivity contribution in [3.63, 3.8) is 0 Å². The van der Waals surface area contributed by atoms with Crippen molar-refractivity contribution in [1.82, 2.24) is 20.4 Å². The molecule has 0 aromatic rings. The topological polar surface area (TPSA) is 179 Å². The summed E-state index contributed by atoms with van der Waals surface area (Å²) in [7, 11) is -2.17. The lowest BCUT2D eigenvalue weighted by molar-refractivity contribution is -0.137. The van der Waals surface area contributed by atoms with Gasteiger partial charge < -0.3 is 21.3 Å². The van der Waals surface area contributed by atoms with Gasteiger partial charge in [0, 0.05) is 44.8 Å². The van der Waals surface area contributed by atoms with Crippen molar-refractivity contribution >= 4 is 33.7 Å². The summed E-state index contributed by atoms with van der Waals surface area (Å²) in [5.41, 5.74) is 5.88. The number of rotatable bonds is 17. The maximum atomic E-state index is 12.0. The second kappa shape index (κ2) is 14.7. The summed E-state index contributed by atoms with van der Waals surface area (Å²) < 4.78 is 30.1. The van der Waals surface area contributed by atoms with E-state index in [2.05, 4.69) is 10.6 Å². The minimum Gasteiger partial charge on any atom is -0.356 e. The second-order valence-corrected chi connectivity index (χ2v) is 9.52. The molecule has 1 rings (SSSR count). The van der Waals surface area contributed by atoms with E-state index >= 15 is 0 Å². The third-order valence-corrected chi connectivity index (χ3v) is 5.83. The largest absolute Gasteiger partial charge is 0.356 e. The summed E-state index contributed by atoms with van der Waals surface area (Å²) in [5, 5.41) is 5.50. The first-order valence-corrected chi connectivity index (χ1v) is 12.6. The number of carbonyl (C=O) groups is 4. The van der Waals surface area contributed by atoms with Crippen LogP contribution in [0.1, 0.15) is 38.5 Å². The quantitative estimate of drug-likeness (QED) is 0.109. The van der Waals surface area contributed by atoms with Crippen LogP contribution in [0, 0.1) is 0 Å². The van der Waals surface area contributed by atoms with Crippen molar-refractivity contribution in [3.05, 3.63) is 12.2 Å². The number of likely N-dealkylation sites (N-methyl/N-ethyl adjacent to an activating group) is 1. The van der Waals surface area contributed by atoms with Gasteiger partial charge in [0.05, 0.1) is 11.8 Å². The van der Waals surface area contributed by atoms with E-state index in [4.69, 9.17) is 10.3 Å². The zero-order chi connectivity index (χ0) is 24.9. The molecule has 188 valence electrons. The van der Waals surface area contributed by atoms with Crippen molar-refractivity contribution in [2.45, 2.75) is 44.6 Å². The smallest absolute Gasteiger partial charge is 0.264 e. The molecule has 5 N–H and O–H groups in total. The predicted molar refractivity (Wildman–Crippen MR) is 121 cm³/mol. The van der Waals surface area contributed by atoms with Gasteiger partial charge in [0.15, 0.2) is 0 Å². The van der Waals surface area contributed by atoms with Crippen molar-refractivity contribution in [2.24, 2.45) is 5.73 Å². The zero-order valence-corrected chi connectivity index (χ0v) is 19.8. The number of amides is 4. The molecule has 4 amide bonds. The third-order valence-electron chi connectivity index (χ3n) is 5.02. The molecule has 33 heavy (non-hydrogen) atoms. The van der Waals surface area contributed by atoms with Crippen LogP contribution in [0.4, 0.5) is 0 Å². The maximum Gasteiger partial charge on any atom is 0.264 e. The van der Waals surface area contributed by atoms with Crippen LogP contribution < -0.4 is 16.4 Å². The number of nitrogens with two attached hydrogens (primary N) is 1. The summed E-state index contributed by atoms with van der Waals surface area (Å²) in [6.07, 6.45) is 5.12. The summed E-state index contributed by atoms with van der Waals surface area (Å²) in [6, 6.07) is -0.658. The van der Waals surface area contributed by atoms with Crippen molar-refractivity contribution in [1.29, 1.82) is 0 Å². The standard InChI is InChI=1S/C20H35N5O7S/c1-24(12-5-15-33(30,31)32)14-11-23-20(29)16(21)6-2-3-10-22-17(26)7-4-13-25-18(27)8-9-19(25)28/h8-9,16H,2-7,10-15,21H2,1H3,(H,22,26)(H,23,29)(H,30,31,32). The first-order chi connectivity index (χ1) is 15.5. The summed E-state index contributed by atoms with van der Waals surface area (Å²) in [5.74, 6) is -1.45. The van der Waals surface area contributed by atoms with E-state index in [0.717, 1.165) is 4.90 Å². The molecule has 12 nitrogen and oxygen atoms in total. The molecule has 1 aliphatic heterocycles. The van der Waals surface area contributed by atoms with E-state index in [1.54, 1.807) is 7.05 Å².